The standard InChI is InChI=1S/C15H24N2O/c1-17(10-12-5-2-3-6-12)11-15(18)13-7-4-8-14(16)9-13/h4,7-9,12,15,18H,2-3,5-6,10-11,16H2,1H3. The lowest BCUT2D eigenvalue weighted by atomic mass is 10.1. The number of anilines is 1. The third-order valence-electron chi connectivity index (χ3n) is 3.82. The Balaban J connectivity index is 1.84. The van der Waals surface area contributed by atoms with Crippen LogP contribution in [0.1, 0.15) is 37.4 Å². The van der Waals surface area contributed by atoms with Crippen LogP contribution in [0.5, 0.6) is 0 Å². The molecular formula is C15H24N2O. The Morgan fingerprint density at radius 3 is 2.78 bits per heavy atom. The van der Waals surface area contributed by atoms with E-state index in [4.69, 9.17) is 5.73 Å². The Kier molecular flexibility index (Phi) is 4.61. The van der Waals surface area contributed by atoms with E-state index in [2.05, 4.69) is 11.9 Å². The molecule has 1 aliphatic rings. The molecule has 1 aromatic rings. The van der Waals surface area contributed by atoms with Crippen LogP contribution in [0.25, 0.3) is 0 Å². The van der Waals surface area contributed by atoms with Crippen molar-refractivity contribution in [1.82, 2.24) is 4.90 Å². The SMILES string of the molecule is CN(CC1CCCC1)CC(O)c1cccc(N)c1. The summed E-state index contributed by atoms with van der Waals surface area (Å²) in [6.45, 7) is 1.78. The molecule has 3 nitrogen and oxygen atoms in total. The first-order valence-corrected chi connectivity index (χ1v) is 6.87. The van der Waals surface area contributed by atoms with Gasteiger partial charge in [0.1, 0.15) is 0 Å². The first-order valence-electron chi connectivity index (χ1n) is 6.87. The molecule has 1 saturated carbocycles. The summed E-state index contributed by atoms with van der Waals surface area (Å²) in [5.41, 5.74) is 7.36. The summed E-state index contributed by atoms with van der Waals surface area (Å²) in [6.07, 6.45) is 4.99. The summed E-state index contributed by atoms with van der Waals surface area (Å²) in [5.74, 6) is 0.822. The first-order chi connectivity index (χ1) is 8.65. The zero-order valence-electron chi connectivity index (χ0n) is 11.2. The van der Waals surface area contributed by atoms with Crippen LogP contribution in [-0.4, -0.2) is 30.1 Å². The molecular weight excluding hydrogens is 224 g/mol. The van der Waals surface area contributed by atoms with E-state index in [1.54, 1.807) is 0 Å². The molecule has 1 atom stereocenters. The Labute approximate surface area is 110 Å². The summed E-state index contributed by atoms with van der Waals surface area (Å²) in [4.78, 5) is 2.24. The number of nitrogens with zero attached hydrogens (tertiary/aromatic N) is 1. The Morgan fingerprint density at radius 2 is 2.11 bits per heavy atom. The van der Waals surface area contributed by atoms with Crippen LogP contribution in [0.15, 0.2) is 24.3 Å². The lowest BCUT2D eigenvalue weighted by Gasteiger charge is -2.23. The van der Waals surface area contributed by atoms with Gasteiger partial charge in [-0.1, -0.05) is 25.0 Å². The van der Waals surface area contributed by atoms with Crippen LogP contribution in [-0.2, 0) is 0 Å². The smallest absolute Gasteiger partial charge is 0.0917 e. The number of nitrogens with two attached hydrogens (primary N) is 1. The molecule has 0 spiro atoms. The molecule has 1 aromatic carbocycles. The summed E-state index contributed by atoms with van der Waals surface area (Å²) in [5, 5.41) is 10.2. The van der Waals surface area contributed by atoms with Crippen molar-refractivity contribution in [3.05, 3.63) is 29.8 Å². The highest BCUT2D eigenvalue weighted by Crippen LogP contribution is 2.26. The van der Waals surface area contributed by atoms with Crippen molar-refractivity contribution in [2.45, 2.75) is 31.8 Å². The Bertz CT molecular complexity index is 375. The van der Waals surface area contributed by atoms with Gasteiger partial charge in [0.25, 0.3) is 0 Å². The van der Waals surface area contributed by atoms with Crippen LogP contribution in [0, 0.1) is 5.92 Å². The average molecular weight is 248 g/mol. The average Bonchev–Trinajstić information content (AvgIpc) is 2.81. The van der Waals surface area contributed by atoms with E-state index in [9.17, 15) is 5.11 Å². The molecule has 2 rings (SSSR count). The molecule has 0 radical (unpaired) electrons. The second-order valence-corrected chi connectivity index (χ2v) is 5.56. The normalized spacial score (nSPS) is 18.4. The number of aliphatic hydroxyl groups is 1. The van der Waals surface area contributed by atoms with E-state index in [0.717, 1.165) is 18.0 Å². The molecule has 3 N–H and O–H groups in total. The molecule has 0 heterocycles. The fraction of sp³-hybridized carbons (Fsp3) is 0.600. The fourth-order valence-corrected chi connectivity index (χ4v) is 2.88. The molecule has 1 fully saturated rings. The predicted octanol–water partition coefficient (Wildman–Crippen LogP) is 2.42. The highest BCUT2D eigenvalue weighted by molar-refractivity contribution is 5.41. The quantitative estimate of drug-likeness (QED) is 0.787. The van der Waals surface area contributed by atoms with Crippen molar-refractivity contribution in [1.29, 1.82) is 0 Å². The maximum atomic E-state index is 10.2. The second kappa shape index (κ2) is 6.21. The monoisotopic (exact) mass is 248 g/mol. The summed E-state index contributed by atoms with van der Waals surface area (Å²) in [6, 6.07) is 7.53. The van der Waals surface area contributed by atoms with E-state index in [1.807, 2.05) is 24.3 Å². The Morgan fingerprint density at radius 1 is 1.39 bits per heavy atom. The maximum absolute atomic E-state index is 10.2. The molecule has 3 heteroatoms. The molecule has 0 saturated heterocycles. The molecule has 0 aliphatic heterocycles. The lowest BCUT2D eigenvalue weighted by molar-refractivity contribution is 0.118. The maximum Gasteiger partial charge on any atom is 0.0917 e. The van der Waals surface area contributed by atoms with Crippen LogP contribution < -0.4 is 5.73 Å². The van der Waals surface area contributed by atoms with Gasteiger partial charge in [-0.05, 0) is 43.5 Å². The molecule has 0 bridgehead atoms. The molecule has 18 heavy (non-hydrogen) atoms. The third-order valence-corrected chi connectivity index (χ3v) is 3.82. The van der Waals surface area contributed by atoms with Crippen LogP contribution in [0.4, 0.5) is 5.69 Å². The van der Waals surface area contributed by atoms with Gasteiger partial charge in [0.05, 0.1) is 6.10 Å². The number of hydrogen-bond donors (Lipinski definition) is 2. The van der Waals surface area contributed by atoms with Crippen molar-refractivity contribution < 1.29 is 5.11 Å². The van der Waals surface area contributed by atoms with E-state index in [0.29, 0.717) is 12.2 Å². The van der Waals surface area contributed by atoms with Crippen molar-refractivity contribution in [2.24, 2.45) is 5.92 Å². The summed E-state index contributed by atoms with van der Waals surface area (Å²) < 4.78 is 0. The van der Waals surface area contributed by atoms with Gasteiger partial charge in [0, 0.05) is 18.8 Å². The third kappa shape index (κ3) is 3.72. The highest BCUT2D eigenvalue weighted by Gasteiger charge is 2.18. The molecule has 0 aromatic heterocycles. The molecule has 1 unspecified atom stereocenters. The number of benzene rings is 1. The number of rotatable bonds is 5. The topological polar surface area (TPSA) is 49.5 Å². The zero-order chi connectivity index (χ0) is 13.0. The van der Waals surface area contributed by atoms with Gasteiger partial charge in [-0.15, -0.1) is 0 Å². The van der Waals surface area contributed by atoms with Crippen molar-refractivity contribution in [2.75, 3.05) is 25.9 Å². The number of aliphatic hydroxyl groups excluding tert-OH is 1. The van der Waals surface area contributed by atoms with Gasteiger partial charge in [0.15, 0.2) is 0 Å². The molecule has 0 amide bonds. The molecule has 1 aliphatic carbocycles. The minimum Gasteiger partial charge on any atom is -0.399 e. The zero-order valence-corrected chi connectivity index (χ0v) is 11.2. The lowest BCUT2D eigenvalue weighted by Crippen LogP contribution is -2.29. The largest absolute Gasteiger partial charge is 0.399 e. The van der Waals surface area contributed by atoms with Gasteiger partial charge in [-0.3, -0.25) is 0 Å². The van der Waals surface area contributed by atoms with E-state index >= 15 is 0 Å². The number of hydrogen-bond acceptors (Lipinski definition) is 3. The van der Waals surface area contributed by atoms with E-state index in [-0.39, 0.29) is 0 Å². The second-order valence-electron chi connectivity index (χ2n) is 5.56. The van der Waals surface area contributed by atoms with Gasteiger partial charge in [-0.25, -0.2) is 0 Å². The summed E-state index contributed by atoms with van der Waals surface area (Å²) >= 11 is 0. The van der Waals surface area contributed by atoms with Crippen molar-refractivity contribution >= 4 is 5.69 Å². The van der Waals surface area contributed by atoms with Crippen LogP contribution in [0.3, 0.4) is 0 Å². The minimum atomic E-state index is -0.445. The number of nitrogen functional groups attached to an aromatic ring is 1. The fourth-order valence-electron chi connectivity index (χ4n) is 2.88. The first kappa shape index (κ1) is 13.4. The summed E-state index contributed by atoms with van der Waals surface area (Å²) in [7, 11) is 2.09. The van der Waals surface area contributed by atoms with Crippen LogP contribution >= 0.6 is 0 Å². The van der Waals surface area contributed by atoms with Gasteiger partial charge < -0.3 is 15.7 Å². The van der Waals surface area contributed by atoms with Gasteiger partial charge in [-0.2, -0.15) is 0 Å². The molecule has 100 valence electrons. The highest BCUT2D eigenvalue weighted by atomic mass is 16.3. The van der Waals surface area contributed by atoms with Crippen LogP contribution in [0.2, 0.25) is 0 Å². The van der Waals surface area contributed by atoms with Crippen molar-refractivity contribution in [3.63, 3.8) is 0 Å². The predicted molar refractivity (Wildman–Crippen MR) is 75.3 cm³/mol. The van der Waals surface area contributed by atoms with Crippen molar-refractivity contribution in [3.8, 4) is 0 Å². The van der Waals surface area contributed by atoms with E-state index in [1.165, 1.54) is 25.7 Å². The van der Waals surface area contributed by atoms with Gasteiger partial charge in [0.2, 0.25) is 0 Å². The van der Waals surface area contributed by atoms with E-state index < -0.39 is 6.10 Å². The Hall–Kier alpha value is -1.06. The minimum absolute atomic E-state index is 0.445. The number of likely N-dealkylation sites (N-methyl/N-ethyl adjacent to an activating group) is 1. The van der Waals surface area contributed by atoms with Gasteiger partial charge >= 0.3 is 0 Å².